The van der Waals surface area contributed by atoms with Crippen molar-refractivity contribution in [1.82, 2.24) is 15.2 Å². The van der Waals surface area contributed by atoms with Gasteiger partial charge in [0.2, 0.25) is 0 Å². The molecule has 1 aliphatic rings. The summed E-state index contributed by atoms with van der Waals surface area (Å²) < 4.78 is 0. The minimum atomic E-state index is -0.742. The predicted octanol–water partition coefficient (Wildman–Crippen LogP) is 5.03. The molecule has 1 aliphatic heterocycles. The molecule has 2 N–H and O–H groups in total. The summed E-state index contributed by atoms with van der Waals surface area (Å²) in [7, 11) is 0. The number of nitrogens with one attached hydrogen (secondary N) is 1. The first-order valence-electron chi connectivity index (χ1n) is 10.1. The molecule has 0 saturated heterocycles. The zero-order chi connectivity index (χ0) is 22.8. The summed E-state index contributed by atoms with van der Waals surface area (Å²) in [5, 5.41) is 13.1. The van der Waals surface area contributed by atoms with Crippen molar-refractivity contribution in [2.24, 2.45) is 0 Å². The van der Waals surface area contributed by atoms with E-state index in [2.05, 4.69) is 36.7 Å². The van der Waals surface area contributed by atoms with Crippen LogP contribution in [0.1, 0.15) is 50.7 Å². The standard InChI is InChI=1S/C25H28ClN3O2/c1-24(2,3)29-13-7-6-8-22(29)21-15-18(23(31)28-25(4,5)16-30)14-20(27-21)17-9-11-19(26)12-10-17/h6,8-15,30H,16H2,1-5H3,(H,28,31). The van der Waals surface area contributed by atoms with Crippen molar-refractivity contribution < 1.29 is 9.90 Å². The molecule has 0 radical (unpaired) electrons. The zero-order valence-corrected chi connectivity index (χ0v) is 19.3. The van der Waals surface area contributed by atoms with Gasteiger partial charge >= 0.3 is 0 Å². The van der Waals surface area contributed by atoms with E-state index in [1.54, 1.807) is 38.1 Å². The van der Waals surface area contributed by atoms with Crippen LogP contribution in [0.25, 0.3) is 17.0 Å². The van der Waals surface area contributed by atoms with Gasteiger partial charge in [0, 0.05) is 27.9 Å². The van der Waals surface area contributed by atoms with Crippen LogP contribution < -0.4 is 5.32 Å². The predicted molar refractivity (Wildman–Crippen MR) is 126 cm³/mol. The third-order valence-corrected chi connectivity index (χ3v) is 5.11. The van der Waals surface area contributed by atoms with E-state index in [9.17, 15) is 9.90 Å². The van der Waals surface area contributed by atoms with E-state index in [1.807, 2.05) is 30.5 Å². The first-order chi connectivity index (χ1) is 14.5. The summed E-state index contributed by atoms with van der Waals surface area (Å²) in [4.78, 5) is 20.0. The van der Waals surface area contributed by atoms with E-state index in [-0.39, 0.29) is 18.1 Å². The highest BCUT2D eigenvalue weighted by Gasteiger charge is 2.26. The first-order valence-corrected chi connectivity index (χ1v) is 10.5. The molecule has 6 heteroatoms. The molecular formula is C25H28ClN3O2. The average Bonchev–Trinajstić information content (AvgIpc) is 2.73. The number of carbonyl (C=O) groups is 1. The highest BCUT2D eigenvalue weighted by Crippen LogP contribution is 2.31. The van der Waals surface area contributed by atoms with Crippen molar-refractivity contribution in [1.29, 1.82) is 0 Å². The lowest BCUT2D eigenvalue weighted by atomic mass is 10.0. The zero-order valence-electron chi connectivity index (χ0n) is 18.5. The minimum Gasteiger partial charge on any atom is -0.394 e. The topological polar surface area (TPSA) is 65.5 Å². The summed E-state index contributed by atoms with van der Waals surface area (Å²) in [6.45, 7) is 9.68. The maximum Gasteiger partial charge on any atom is 0.251 e. The van der Waals surface area contributed by atoms with Crippen molar-refractivity contribution in [2.45, 2.75) is 45.7 Å². The fraction of sp³-hybridized carbons (Fsp3) is 0.320. The van der Waals surface area contributed by atoms with Crippen LogP contribution in [0, 0.1) is 0 Å². The van der Waals surface area contributed by atoms with Crippen molar-refractivity contribution in [3.05, 3.63) is 76.8 Å². The highest BCUT2D eigenvalue weighted by molar-refractivity contribution is 6.30. The van der Waals surface area contributed by atoms with E-state index in [0.29, 0.717) is 22.0 Å². The summed E-state index contributed by atoms with van der Waals surface area (Å²) in [5.74, 6) is -0.275. The van der Waals surface area contributed by atoms with Gasteiger partial charge in [-0.05, 0) is 71.0 Å². The number of pyridine rings is 1. The van der Waals surface area contributed by atoms with Crippen LogP contribution in [0.4, 0.5) is 0 Å². The molecule has 0 unspecified atom stereocenters. The maximum atomic E-state index is 13.0. The van der Waals surface area contributed by atoms with E-state index in [0.717, 1.165) is 11.3 Å². The van der Waals surface area contributed by atoms with E-state index < -0.39 is 5.54 Å². The number of aliphatic hydroxyl groups is 1. The summed E-state index contributed by atoms with van der Waals surface area (Å²) in [5.41, 5.74) is 5.70. The van der Waals surface area contributed by atoms with Crippen LogP contribution in [0.5, 0.6) is 0 Å². The molecule has 1 amide bonds. The second-order valence-corrected chi connectivity index (χ2v) is 9.62. The molecular weight excluding hydrogens is 410 g/mol. The molecule has 0 spiro atoms. The Balaban J connectivity index is 2.14. The molecule has 1 aromatic heterocycles. The van der Waals surface area contributed by atoms with Crippen LogP contribution in [0.3, 0.4) is 0 Å². The lowest BCUT2D eigenvalue weighted by molar-refractivity contribution is 0.0869. The number of aromatic nitrogens is 1. The minimum absolute atomic E-state index is 0.167. The molecule has 2 heterocycles. The Kier molecular flexibility index (Phi) is 6.42. The smallest absolute Gasteiger partial charge is 0.251 e. The molecule has 2 aromatic rings. The number of nitrogens with zero attached hydrogens (tertiary/aromatic N) is 2. The summed E-state index contributed by atoms with van der Waals surface area (Å²) in [6.07, 6.45) is 5.67. The molecule has 3 rings (SSSR count). The number of aliphatic hydroxyl groups excluding tert-OH is 1. The van der Waals surface area contributed by atoms with Gasteiger partial charge in [0.15, 0.2) is 0 Å². The maximum absolute atomic E-state index is 13.0. The SMILES string of the molecule is CC(C)(CO)NC(=O)c1cc(C2=CC=C=CN2C(C)(C)C)nc(-c2ccc(Cl)cc2)c1. The van der Waals surface area contributed by atoms with Crippen LogP contribution in [0.2, 0.25) is 5.02 Å². The molecule has 162 valence electrons. The molecule has 5 nitrogen and oxygen atoms in total. The largest absolute Gasteiger partial charge is 0.394 e. The number of amides is 1. The lowest BCUT2D eigenvalue weighted by Gasteiger charge is -2.36. The Morgan fingerprint density at radius 1 is 1.13 bits per heavy atom. The molecule has 1 aromatic carbocycles. The molecule has 0 fully saturated rings. The number of hydrogen-bond donors (Lipinski definition) is 2. The van der Waals surface area contributed by atoms with Gasteiger partial charge in [-0.15, -0.1) is 5.73 Å². The van der Waals surface area contributed by atoms with Gasteiger partial charge in [-0.3, -0.25) is 4.79 Å². The third-order valence-electron chi connectivity index (χ3n) is 4.86. The number of halogens is 1. The highest BCUT2D eigenvalue weighted by atomic mass is 35.5. The van der Waals surface area contributed by atoms with E-state index in [4.69, 9.17) is 16.6 Å². The lowest BCUT2D eigenvalue weighted by Crippen LogP contribution is -2.46. The number of hydrogen-bond acceptors (Lipinski definition) is 4. The molecule has 0 aliphatic carbocycles. The van der Waals surface area contributed by atoms with Gasteiger partial charge in [-0.2, -0.15) is 0 Å². The van der Waals surface area contributed by atoms with E-state index >= 15 is 0 Å². The van der Waals surface area contributed by atoms with Crippen LogP contribution in [-0.4, -0.2) is 38.6 Å². The first kappa shape index (κ1) is 22.8. The second-order valence-electron chi connectivity index (χ2n) is 9.18. The van der Waals surface area contributed by atoms with Crippen LogP contribution in [0.15, 0.2) is 60.5 Å². The van der Waals surface area contributed by atoms with Crippen molar-refractivity contribution >= 4 is 23.2 Å². The summed E-state index contributed by atoms with van der Waals surface area (Å²) in [6, 6.07) is 10.9. The molecule has 0 saturated carbocycles. The van der Waals surface area contributed by atoms with Crippen molar-refractivity contribution in [2.75, 3.05) is 6.61 Å². The fourth-order valence-electron chi connectivity index (χ4n) is 3.14. The Labute approximate surface area is 188 Å². The summed E-state index contributed by atoms with van der Waals surface area (Å²) >= 11 is 6.05. The fourth-order valence-corrected chi connectivity index (χ4v) is 3.26. The van der Waals surface area contributed by atoms with Crippen molar-refractivity contribution in [3.63, 3.8) is 0 Å². The molecule has 0 bridgehead atoms. The van der Waals surface area contributed by atoms with Gasteiger partial charge in [-0.25, -0.2) is 4.98 Å². The number of benzene rings is 1. The van der Waals surface area contributed by atoms with Crippen molar-refractivity contribution in [3.8, 4) is 11.3 Å². The van der Waals surface area contributed by atoms with Gasteiger partial charge in [-0.1, -0.05) is 23.7 Å². The normalized spacial score (nSPS) is 13.9. The average molecular weight is 438 g/mol. The number of allylic oxidation sites excluding steroid dienone is 2. The molecule has 31 heavy (non-hydrogen) atoms. The Hall–Kier alpha value is -2.85. The van der Waals surface area contributed by atoms with Crippen LogP contribution >= 0.6 is 11.6 Å². The van der Waals surface area contributed by atoms with Gasteiger partial charge < -0.3 is 15.3 Å². The third kappa shape index (κ3) is 5.45. The Morgan fingerprint density at radius 2 is 1.77 bits per heavy atom. The molecule has 0 atom stereocenters. The van der Waals surface area contributed by atoms with Gasteiger partial charge in [0.25, 0.3) is 5.91 Å². The monoisotopic (exact) mass is 437 g/mol. The number of carbonyl (C=O) groups excluding carboxylic acids is 1. The second kappa shape index (κ2) is 8.72. The van der Waals surface area contributed by atoms with E-state index in [1.165, 1.54) is 0 Å². The Morgan fingerprint density at radius 3 is 2.39 bits per heavy atom. The Bertz CT molecular complexity index is 1070. The number of rotatable bonds is 5. The quantitative estimate of drug-likeness (QED) is 0.644. The van der Waals surface area contributed by atoms with Gasteiger partial charge in [0.1, 0.15) is 0 Å². The van der Waals surface area contributed by atoms with Gasteiger partial charge in [0.05, 0.1) is 29.2 Å². The van der Waals surface area contributed by atoms with Crippen LogP contribution in [-0.2, 0) is 0 Å².